The van der Waals surface area contributed by atoms with Crippen LogP contribution in [0.5, 0.6) is 0 Å². The van der Waals surface area contributed by atoms with E-state index in [0.717, 1.165) is 52.1 Å². The number of carbonyl (C=O) groups is 1. The number of hydrogen-bond acceptors (Lipinski definition) is 3. The Morgan fingerprint density at radius 2 is 2.00 bits per heavy atom. The van der Waals surface area contributed by atoms with E-state index in [1.165, 1.54) is 12.1 Å². The molecule has 0 N–H and O–H groups in total. The summed E-state index contributed by atoms with van der Waals surface area (Å²) in [6.45, 7) is 5.45. The van der Waals surface area contributed by atoms with Crippen molar-refractivity contribution in [2.45, 2.75) is 31.7 Å². The molecule has 4 rings (SSSR count). The zero-order valence-corrected chi connectivity index (χ0v) is 14.1. The Morgan fingerprint density at radius 1 is 1.17 bits per heavy atom. The summed E-state index contributed by atoms with van der Waals surface area (Å²) in [6.07, 6.45) is 7.20. The second-order valence-corrected chi connectivity index (χ2v) is 7.35. The van der Waals surface area contributed by atoms with Gasteiger partial charge in [-0.05, 0) is 31.2 Å². The van der Waals surface area contributed by atoms with Gasteiger partial charge in [-0.25, -0.2) is 0 Å². The molecular weight excluding hydrogens is 302 g/mol. The van der Waals surface area contributed by atoms with E-state index in [9.17, 15) is 9.59 Å². The van der Waals surface area contributed by atoms with E-state index >= 15 is 0 Å². The SMILES string of the molecule is O=C(C=CCN1CC2CC(C1)c1cccc(=O)n1C2)N1CCCC1. The molecule has 1 amide bonds. The van der Waals surface area contributed by atoms with Crippen LogP contribution in [-0.4, -0.2) is 53.0 Å². The molecule has 2 unspecified atom stereocenters. The normalized spacial score (nSPS) is 26.8. The number of pyridine rings is 1. The molecule has 1 aromatic heterocycles. The maximum absolute atomic E-state index is 12.1. The van der Waals surface area contributed by atoms with Gasteiger partial charge >= 0.3 is 0 Å². The summed E-state index contributed by atoms with van der Waals surface area (Å²) in [5.41, 5.74) is 1.31. The van der Waals surface area contributed by atoms with Crippen LogP contribution in [0.2, 0.25) is 0 Å². The van der Waals surface area contributed by atoms with Crippen LogP contribution in [0.1, 0.15) is 30.9 Å². The van der Waals surface area contributed by atoms with Gasteiger partial charge in [-0.3, -0.25) is 14.5 Å². The average molecular weight is 327 g/mol. The predicted octanol–water partition coefficient (Wildman–Crippen LogP) is 1.45. The highest BCUT2D eigenvalue weighted by Crippen LogP contribution is 2.34. The van der Waals surface area contributed by atoms with Crippen LogP contribution in [0.3, 0.4) is 0 Å². The van der Waals surface area contributed by atoms with Crippen LogP contribution in [0.25, 0.3) is 0 Å². The highest BCUT2D eigenvalue weighted by Gasteiger charge is 2.33. The van der Waals surface area contributed by atoms with Gasteiger partial charge in [0.05, 0.1) is 0 Å². The molecule has 2 saturated heterocycles. The first-order chi connectivity index (χ1) is 11.7. The zero-order valence-electron chi connectivity index (χ0n) is 14.1. The summed E-state index contributed by atoms with van der Waals surface area (Å²) >= 11 is 0. The fraction of sp³-hybridized carbons (Fsp3) is 0.579. The molecule has 5 heteroatoms. The van der Waals surface area contributed by atoms with Crippen molar-refractivity contribution < 1.29 is 4.79 Å². The van der Waals surface area contributed by atoms with Crippen molar-refractivity contribution >= 4 is 5.91 Å². The van der Waals surface area contributed by atoms with Gasteiger partial charge in [-0.2, -0.15) is 0 Å². The lowest BCUT2D eigenvalue weighted by Crippen LogP contribution is -2.47. The summed E-state index contributed by atoms with van der Waals surface area (Å²) in [5.74, 6) is 1.13. The van der Waals surface area contributed by atoms with Crippen LogP contribution in [-0.2, 0) is 11.3 Å². The van der Waals surface area contributed by atoms with Gasteiger partial charge in [-0.1, -0.05) is 12.1 Å². The molecule has 0 aliphatic carbocycles. The Morgan fingerprint density at radius 3 is 2.83 bits per heavy atom. The summed E-state index contributed by atoms with van der Waals surface area (Å²) in [6, 6.07) is 5.63. The molecule has 5 nitrogen and oxygen atoms in total. The molecule has 3 aliphatic rings. The third kappa shape index (κ3) is 3.05. The molecule has 2 bridgehead atoms. The van der Waals surface area contributed by atoms with Crippen molar-refractivity contribution in [1.82, 2.24) is 14.4 Å². The van der Waals surface area contributed by atoms with Crippen molar-refractivity contribution in [3.05, 3.63) is 46.4 Å². The molecule has 0 aromatic carbocycles. The smallest absolute Gasteiger partial charge is 0.250 e. The van der Waals surface area contributed by atoms with Crippen LogP contribution < -0.4 is 5.56 Å². The van der Waals surface area contributed by atoms with Gasteiger partial charge in [-0.15, -0.1) is 0 Å². The summed E-state index contributed by atoms with van der Waals surface area (Å²) < 4.78 is 1.96. The number of amides is 1. The maximum atomic E-state index is 12.1. The van der Waals surface area contributed by atoms with E-state index in [-0.39, 0.29) is 11.5 Å². The van der Waals surface area contributed by atoms with Crippen molar-refractivity contribution in [3.8, 4) is 0 Å². The van der Waals surface area contributed by atoms with Crippen molar-refractivity contribution in [2.75, 3.05) is 32.7 Å². The fourth-order valence-corrected chi connectivity index (χ4v) is 4.49. The third-order valence-electron chi connectivity index (χ3n) is 5.60. The van der Waals surface area contributed by atoms with Gasteiger partial charge in [0.2, 0.25) is 5.91 Å². The topological polar surface area (TPSA) is 45.6 Å². The molecule has 2 atom stereocenters. The number of likely N-dealkylation sites (tertiary alicyclic amines) is 2. The van der Waals surface area contributed by atoms with Gasteiger partial charge in [0.25, 0.3) is 5.56 Å². The second kappa shape index (κ2) is 6.55. The molecule has 1 aromatic rings. The Kier molecular flexibility index (Phi) is 4.27. The number of fused-ring (bicyclic) bond motifs is 4. The molecule has 24 heavy (non-hydrogen) atoms. The molecule has 4 heterocycles. The highest BCUT2D eigenvalue weighted by molar-refractivity contribution is 5.87. The van der Waals surface area contributed by atoms with E-state index in [1.54, 1.807) is 12.1 Å². The molecular formula is C19H25N3O2. The first-order valence-corrected chi connectivity index (χ1v) is 9.08. The molecule has 0 radical (unpaired) electrons. The number of nitrogens with zero attached hydrogens (tertiary/aromatic N) is 3. The highest BCUT2D eigenvalue weighted by atomic mass is 16.2. The molecule has 2 fully saturated rings. The lowest BCUT2D eigenvalue weighted by Gasteiger charge is -2.42. The quantitative estimate of drug-likeness (QED) is 0.790. The Hall–Kier alpha value is -1.88. The van der Waals surface area contributed by atoms with Crippen LogP contribution >= 0.6 is 0 Å². The number of aromatic nitrogens is 1. The minimum atomic E-state index is 0.131. The maximum Gasteiger partial charge on any atom is 0.250 e. The van der Waals surface area contributed by atoms with E-state index < -0.39 is 0 Å². The number of piperidine rings is 1. The van der Waals surface area contributed by atoms with Crippen LogP contribution in [0.15, 0.2) is 35.1 Å². The van der Waals surface area contributed by atoms with Gasteiger partial charge in [0, 0.05) is 63.0 Å². The number of carbonyl (C=O) groups excluding carboxylic acids is 1. The fourth-order valence-electron chi connectivity index (χ4n) is 4.49. The van der Waals surface area contributed by atoms with E-state index in [1.807, 2.05) is 21.6 Å². The van der Waals surface area contributed by atoms with Crippen LogP contribution in [0, 0.1) is 5.92 Å². The van der Waals surface area contributed by atoms with Crippen LogP contribution in [0.4, 0.5) is 0 Å². The zero-order chi connectivity index (χ0) is 16.5. The van der Waals surface area contributed by atoms with Crippen molar-refractivity contribution in [2.24, 2.45) is 5.92 Å². The Balaban J connectivity index is 1.39. The van der Waals surface area contributed by atoms with E-state index in [2.05, 4.69) is 11.0 Å². The van der Waals surface area contributed by atoms with Crippen molar-refractivity contribution in [1.29, 1.82) is 0 Å². The average Bonchev–Trinajstić information content (AvgIpc) is 3.10. The third-order valence-corrected chi connectivity index (χ3v) is 5.60. The second-order valence-electron chi connectivity index (χ2n) is 7.35. The van der Waals surface area contributed by atoms with E-state index in [4.69, 9.17) is 0 Å². The standard InChI is InChI=1S/C19H25N3O2/c23-18(21-9-1-2-10-21)7-4-8-20-12-15-11-16(14-20)17-5-3-6-19(24)22(17)13-15/h3-7,15-16H,1-2,8-14H2. The number of rotatable bonds is 3. The molecule has 128 valence electrons. The minimum Gasteiger partial charge on any atom is -0.339 e. The van der Waals surface area contributed by atoms with Gasteiger partial charge in [0.15, 0.2) is 0 Å². The summed E-state index contributed by atoms with van der Waals surface area (Å²) in [5, 5.41) is 0. The molecule has 0 spiro atoms. The Bertz CT molecular complexity index is 703. The van der Waals surface area contributed by atoms with Gasteiger partial charge in [0.1, 0.15) is 0 Å². The first-order valence-electron chi connectivity index (χ1n) is 9.08. The molecule has 3 aliphatic heterocycles. The van der Waals surface area contributed by atoms with Crippen molar-refractivity contribution in [3.63, 3.8) is 0 Å². The summed E-state index contributed by atoms with van der Waals surface area (Å²) in [7, 11) is 0. The Labute approximate surface area is 142 Å². The first kappa shape index (κ1) is 15.6. The van der Waals surface area contributed by atoms with E-state index in [0.29, 0.717) is 11.8 Å². The minimum absolute atomic E-state index is 0.131. The predicted molar refractivity (Wildman–Crippen MR) is 92.9 cm³/mol. The number of hydrogen-bond donors (Lipinski definition) is 0. The monoisotopic (exact) mass is 327 g/mol. The molecule has 0 saturated carbocycles. The lowest BCUT2D eigenvalue weighted by atomic mass is 9.83. The lowest BCUT2D eigenvalue weighted by molar-refractivity contribution is -0.125. The van der Waals surface area contributed by atoms with Gasteiger partial charge < -0.3 is 9.47 Å². The largest absolute Gasteiger partial charge is 0.339 e. The summed E-state index contributed by atoms with van der Waals surface area (Å²) in [4.78, 5) is 28.5.